The van der Waals surface area contributed by atoms with Crippen molar-refractivity contribution in [2.24, 2.45) is 11.8 Å². The normalized spacial score (nSPS) is 36.0. The molecule has 16 heavy (non-hydrogen) atoms. The zero-order chi connectivity index (χ0) is 12.3. The molecule has 0 aliphatic heterocycles. The average molecular weight is 227 g/mol. The fourth-order valence-corrected chi connectivity index (χ4v) is 3.58. The molecule has 0 radical (unpaired) electrons. The van der Waals surface area contributed by atoms with Crippen molar-refractivity contribution in [2.75, 3.05) is 7.05 Å². The number of hydrogen-bond donors (Lipinski definition) is 1. The average Bonchev–Trinajstić information content (AvgIpc) is 2.17. The van der Waals surface area contributed by atoms with E-state index in [4.69, 9.17) is 0 Å². The number of nitrogens with zero attached hydrogens (tertiary/aromatic N) is 1. The van der Waals surface area contributed by atoms with Gasteiger partial charge in [0.15, 0.2) is 0 Å². The second kappa shape index (κ2) is 6.02. The molecule has 0 aromatic rings. The van der Waals surface area contributed by atoms with Crippen LogP contribution in [0.5, 0.6) is 0 Å². The Balaban J connectivity index is 2.69. The highest BCUT2D eigenvalue weighted by molar-refractivity contribution is 4.90. The third kappa shape index (κ3) is 2.98. The van der Waals surface area contributed by atoms with Crippen molar-refractivity contribution < 1.29 is 5.11 Å². The molecule has 1 saturated carbocycles. The van der Waals surface area contributed by atoms with Gasteiger partial charge in [-0.2, -0.15) is 0 Å². The van der Waals surface area contributed by atoms with Crippen LogP contribution in [0.15, 0.2) is 0 Å². The maximum Gasteiger partial charge on any atom is 0.0700 e. The van der Waals surface area contributed by atoms with E-state index in [0.717, 1.165) is 6.42 Å². The molecule has 0 aromatic heterocycles. The molecular formula is C14H29NO. The van der Waals surface area contributed by atoms with E-state index in [9.17, 15) is 5.11 Å². The molecular weight excluding hydrogens is 198 g/mol. The highest BCUT2D eigenvalue weighted by Gasteiger charge is 2.36. The van der Waals surface area contributed by atoms with Gasteiger partial charge in [0.05, 0.1) is 6.10 Å². The number of likely N-dealkylation sites (N-methyl/N-ethyl adjacent to an activating group) is 1. The number of rotatable bonds is 4. The van der Waals surface area contributed by atoms with E-state index < -0.39 is 0 Å². The van der Waals surface area contributed by atoms with Crippen LogP contribution in [0.2, 0.25) is 0 Å². The van der Waals surface area contributed by atoms with Crippen LogP contribution in [0.25, 0.3) is 0 Å². The molecule has 2 heteroatoms. The molecule has 2 nitrogen and oxygen atoms in total. The molecule has 1 N–H and O–H groups in total. The summed E-state index contributed by atoms with van der Waals surface area (Å²) in [7, 11) is 2.19. The minimum absolute atomic E-state index is 0.135. The van der Waals surface area contributed by atoms with Crippen molar-refractivity contribution in [3.8, 4) is 0 Å². The van der Waals surface area contributed by atoms with Gasteiger partial charge in [0.25, 0.3) is 0 Å². The number of hydrogen-bond acceptors (Lipinski definition) is 2. The van der Waals surface area contributed by atoms with Crippen LogP contribution in [0.1, 0.15) is 53.4 Å². The maximum atomic E-state index is 10.3. The Kier molecular flexibility index (Phi) is 5.26. The van der Waals surface area contributed by atoms with Crippen LogP contribution in [-0.2, 0) is 0 Å². The molecule has 0 heterocycles. The second-order valence-corrected chi connectivity index (χ2v) is 5.75. The monoisotopic (exact) mass is 227 g/mol. The quantitative estimate of drug-likeness (QED) is 0.798. The second-order valence-electron chi connectivity index (χ2n) is 5.75. The lowest BCUT2D eigenvalue weighted by Gasteiger charge is -2.45. The molecule has 1 aliphatic rings. The molecule has 4 atom stereocenters. The van der Waals surface area contributed by atoms with Crippen LogP contribution in [-0.4, -0.2) is 35.2 Å². The van der Waals surface area contributed by atoms with Crippen molar-refractivity contribution in [2.45, 2.75) is 71.6 Å². The fraction of sp³-hybridized carbons (Fsp3) is 1.00. The van der Waals surface area contributed by atoms with Gasteiger partial charge in [0.2, 0.25) is 0 Å². The van der Waals surface area contributed by atoms with Crippen LogP contribution in [0.4, 0.5) is 0 Å². The first-order chi connectivity index (χ1) is 7.51. The van der Waals surface area contributed by atoms with Gasteiger partial charge < -0.3 is 5.11 Å². The Morgan fingerprint density at radius 2 is 1.75 bits per heavy atom. The van der Waals surface area contributed by atoms with Gasteiger partial charge in [-0.3, -0.25) is 4.90 Å². The molecule has 1 rings (SSSR count). The highest BCUT2D eigenvalue weighted by atomic mass is 16.3. The Labute approximate surface area is 101 Å². The lowest BCUT2D eigenvalue weighted by molar-refractivity contribution is -0.0312. The highest BCUT2D eigenvalue weighted by Crippen LogP contribution is 2.33. The third-order valence-electron chi connectivity index (χ3n) is 4.38. The van der Waals surface area contributed by atoms with Crippen molar-refractivity contribution in [3.63, 3.8) is 0 Å². The first kappa shape index (κ1) is 14.0. The van der Waals surface area contributed by atoms with Crippen LogP contribution < -0.4 is 0 Å². The Hall–Kier alpha value is -0.0800. The lowest BCUT2D eigenvalue weighted by Crippen LogP contribution is -2.52. The molecule has 0 amide bonds. The topological polar surface area (TPSA) is 23.5 Å². The SMILES string of the molecule is CCC(CC)N(C)C1C(C)CC(C)CC1O. The van der Waals surface area contributed by atoms with E-state index in [2.05, 4.69) is 39.6 Å². The van der Waals surface area contributed by atoms with E-state index >= 15 is 0 Å². The van der Waals surface area contributed by atoms with E-state index in [1.54, 1.807) is 0 Å². The molecule has 1 fully saturated rings. The van der Waals surface area contributed by atoms with Crippen molar-refractivity contribution in [1.29, 1.82) is 0 Å². The van der Waals surface area contributed by atoms with Gasteiger partial charge >= 0.3 is 0 Å². The van der Waals surface area contributed by atoms with Gasteiger partial charge in [-0.05, 0) is 44.6 Å². The molecule has 4 unspecified atom stereocenters. The van der Waals surface area contributed by atoms with E-state index in [1.165, 1.54) is 19.3 Å². The van der Waals surface area contributed by atoms with Crippen molar-refractivity contribution in [3.05, 3.63) is 0 Å². The predicted molar refractivity (Wildman–Crippen MR) is 69.5 cm³/mol. The summed E-state index contributed by atoms with van der Waals surface area (Å²) in [6.45, 7) is 9.04. The first-order valence-electron chi connectivity index (χ1n) is 6.91. The molecule has 0 saturated heterocycles. The molecule has 0 bridgehead atoms. The van der Waals surface area contributed by atoms with E-state index in [0.29, 0.717) is 23.9 Å². The summed E-state index contributed by atoms with van der Waals surface area (Å²) in [5, 5.41) is 10.3. The van der Waals surface area contributed by atoms with Crippen molar-refractivity contribution >= 4 is 0 Å². The minimum atomic E-state index is -0.135. The van der Waals surface area contributed by atoms with Crippen LogP contribution >= 0.6 is 0 Å². The van der Waals surface area contributed by atoms with E-state index in [1.807, 2.05) is 0 Å². The zero-order valence-electron chi connectivity index (χ0n) is 11.6. The summed E-state index contributed by atoms with van der Waals surface area (Å²) < 4.78 is 0. The van der Waals surface area contributed by atoms with Crippen molar-refractivity contribution in [1.82, 2.24) is 4.90 Å². The standard InChI is InChI=1S/C14H29NO/c1-6-12(7-2)15(5)14-11(4)8-10(3)9-13(14)16/h10-14,16H,6-9H2,1-5H3. The molecule has 0 spiro atoms. The minimum Gasteiger partial charge on any atom is -0.391 e. The summed E-state index contributed by atoms with van der Waals surface area (Å²) in [5.74, 6) is 1.29. The summed E-state index contributed by atoms with van der Waals surface area (Å²) in [6.07, 6.45) is 4.45. The summed E-state index contributed by atoms with van der Waals surface area (Å²) in [5.41, 5.74) is 0. The van der Waals surface area contributed by atoms with Crippen LogP contribution in [0.3, 0.4) is 0 Å². The number of aliphatic hydroxyl groups is 1. The molecule has 1 aliphatic carbocycles. The fourth-order valence-electron chi connectivity index (χ4n) is 3.58. The lowest BCUT2D eigenvalue weighted by atomic mass is 9.77. The maximum absolute atomic E-state index is 10.3. The third-order valence-corrected chi connectivity index (χ3v) is 4.38. The van der Waals surface area contributed by atoms with Gasteiger partial charge in [-0.15, -0.1) is 0 Å². The Morgan fingerprint density at radius 3 is 2.19 bits per heavy atom. The number of aliphatic hydroxyl groups excluding tert-OH is 1. The smallest absolute Gasteiger partial charge is 0.0700 e. The largest absolute Gasteiger partial charge is 0.391 e. The van der Waals surface area contributed by atoms with Crippen LogP contribution in [0, 0.1) is 11.8 Å². The Morgan fingerprint density at radius 1 is 1.19 bits per heavy atom. The van der Waals surface area contributed by atoms with Gasteiger partial charge in [0, 0.05) is 12.1 Å². The van der Waals surface area contributed by atoms with E-state index in [-0.39, 0.29) is 6.10 Å². The zero-order valence-corrected chi connectivity index (χ0v) is 11.6. The van der Waals surface area contributed by atoms with Gasteiger partial charge in [-0.1, -0.05) is 27.7 Å². The summed E-state index contributed by atoms with van der Waals surface area (Å²) in [4.78, 5) is 2.43. The molecule has 96 valence electrons. The predicted octanol–water partition coefficient (Wildman–Crippen LogP) is 2.90. The van der Waals surface area contributed by atoms with Gasteiger partial charge in [0.1, 0.15) is 0 Å². The summed E-state index contributed by atoms with van der Waals surface area (Å²) in [6, 6.07) is 0.983. The summed E-state index contributed by atoms with van der Waals surface area (Å²) >= 11 is 0. The van der Waals surface area contributed by atoms with Gasteiger partial charge in [-0.25, -0.2) is 0 Å². The Bertz CT molecular complexity index is 191. The first-order valence-corrected chi connectivity index (χ1v) is 6.91. The molecule has 0 aromatic carbocycles.